The number of carbonyl (C=O) groups excluding carboxylic acids is 3. The van der Waals surface area contributed by atoms with Gasteiger partial charge in [-0.1, -0.05) is 18.2 Å². The summed E-state index contributed by atoms with van der Waals surface area (Å²) >= 11 is 0. The number of ether oxygens (including phenoxy) is 3. The number of carbonyl (C=O) groups is 3. The number of aryl methyl sites for hydroxylation is 1. The first-order chi connectivity index (χ1) is 12.9. The molecule has 0 bridgehead atoms. The fraction of sp³-hybridized carbons (Fsp3) is 0.250. The zero-order chi connectivity index (χ0) is 19.8. The molecule has 142 valence electrons. The molecule has 7 nitrogen and oxygen atoms in total. The average Bonchev–Trinajstić information content (AvgIpc) is 2.68. The minimum Gasteiger partial charge on any atom is -0.497 e. The molecule has 27 heavy (non-hydrogen) atoms. The number of esters is 2. The van der Waals surface area contributed by atoms with Gasteiger partial charge in [-0.15, -0.1) is 0 Å². The monoisotopic (exact) mass is 371 g/mol. The fourth-order valence-corrected chi connectivity index (χ4v) is 2.29. The fourth-order valence-electron chi connectivity index (χ4n) is 2.29. The van der Waals surface area contributed by atoms with Crippen LogP contribution >= 0.6 is 0 Å². The summed E-state index contributed by atoms with van der Waals surface area (Å²) in [5.41, 5.74) is 2.28. The van der Waals surface area contributed by atoms with Gasteiger partial charge in [0.25, 0.3) is 5.91 Å². The molecule has 0 aliphatic carbocycles. The zero-order valence-corrected chi connectivity index (χ0v) is 15.4. The van der Waals surface area contributed by atoms with E-state index in [0.717, 1.165) is 11.1 Å². The minimum absolute atomic E-state index is 0.0497. The standard InChI is InChI=1S/C20H21NO6/c1-13-4-7-15(20(24)26-3)11-17(13)21-18(22)12-27-19(23)10-14-5-8-16(25-2)9-6-14/h4-9,11H,10,12H2,1-3H3,(H,21,22). The maximum atomic E-state index is 12.0. The number of anilines is 1. The number of rotatable bonds is 7. The highest BCUT2D eigenvalue weighted by atomic mass is 16.5. The Morgan fingerprint density at radius 2 is 1.70 bits per heavy atom. The Hall–Kier alpha value is -3.35. The molecular weight excluding hydrogens is 350 g/mol. The lowest BCUT2D eigenvalue weighted by molar-refractivity contribution is -0.146. The highest BCUT2D eigenvalue weighted by molar-refractivity contribution is 5.96. The van der Waals surface area contributed by atoms with Gasteiger partial charge in [0.1, 0.15) is 5.75 Å². The van der Waals surface area contributed by atoms with Crippen molar-refractivity contribution in [2.24, 2.45) is 0 Å². The first-order valence-corrected chi connectivity index (χ1v) is 8.20. The van der Waals surface area contributed by atoms with E-state index in [2.05, 4.69) is 10.1 Å². The number of amides is 1. The third-order valence-electron chi connectivity index (χ3n) is 3.80. The summed E-state index contributed by atoms with van der Waals surface area (Å²) in [5, 5.41) is 2.62. The Balaban J connectivity index is 1.88. The lowest BCUT2D eigenvalue weighted by Gasteiger charge is -2.10. The molecule has 0 saturated heterocycles. The Bertz CT molecular complexity index is 829. The molecule has 0 heterocycles. The van der Waals surface area contributed by atoms with Crippen LogP contribution in [0.15, 0.2) is 42.5 Å². The quantitative estimate of drug-likeness (QED) is 0.752. The Morgan fingerprint density at radius 3 is 2.33 bits per heavy atom. The molecule has 2 rings (SSSR count). The number of methoxy groups -OCH3 is 2. The molecule has 0 saturated carbocycles. The normalized spacial score (nSPS) is 10.0. The lowest BCUT2D eigenvalue weighted by Crippen LogP contribution is -2.22. The molecule has 2 aromatic rings. The summed E-state index contributed by atoms with van der Waals surface area (Å²) in [5.74, 6) is -0.828. The van der Waals surface area contributed by atoms with Crippen molar-refractivity contribution in [2.75, 3.05) is 26.1 Å². The van der Waals surface area contributed by atoms with Crippen molar-refractivity contribution >= 4 is 23.5 Å². The molecule has 2 aromatic carbocycles. The third kappa shape index (κ3) is 5.85. The van der Waals surface area contributed by atoms with Crippen LogP contribution in [0.2, 0.25) is 0 Å². The molecule has 1 amide bonds. The van der Waals surface area contributed by atoms with E-state index < -0.39 is 24.5 Å². The molecule has 0 aromatic heterocycles. The van der Waals surface area contributed by atoms with Crippen LogP contribution in [-0.4, -0.2) is 38.7 Å². The van der Waals surface area contributed by atoms with E-state index in [9.17, 15) is 14.4 Å². The van der Waals surface area contributed by atoms with Crippen molar-refractivity contribution in [3.05, 3.63) is 59.2 Å². The van der Waals surface area contributed by atoms with Crippen molar-refractivity contribution in [1.29, 1.82) is 0 Å². The van der Waals surface area contributed by atoms with Crippen LogP contribution in [0.25, 0.3) is 0 Å². The predicted octanol–water partition coefficient (Wildman–Crippen LogP) is 2.51. The Kier molecular flexibility index (Phi) is 6.93. The van der Waals surface area contributed by atoms with Crippen LogP contribution in [0.3, 0.4) is 0 Å². The smallest absolute Gasteiger partial charge is 0.337 e. The predicted molar refractivity (Wildman–Crippen MR) is 98.8 cm³/mol. The van der Waals surface area contributed by atoms with E-state index in [1.54, 1.807) is 50.4 Å². The molecule has 0 aliphatic rings. The van der Waals surface area contributed by atoms with Crippen molar-refractivity contribution < 1.29 is 28.6 Å². The Morgan fingerprint density at radius 1 is 1.00 bits per heavy atom. The summed E-state index contributed by atoms with van der Waals surface area (Å²) in [6.07, 6.45) is 0.0497. The van der Waals surface area contributed by atoms with Gasteiger partial charge in [-0.2, -0.15) is 0 Å². The van der Waals surface area contributed by atoms with Gasteiger partial charge in [0.2, 0.25) is 0 Å². The van der Waals surface area contributed by atoms with E-state index in [1.165, 1.54) is 13.2 Å². The first kappa shape index (κ1) is 20.0. The third-order valence-corrected chi connectivity index (χ3v) is 3.80. The number of benzene rings is 2. The van der Waals surface area contributed by atoms with Crippen molar-refractivity contribution in [3.8, 4) is 5.75 Å². The molecule has 0 spiro atoms. The largest absolute Gasteiger partial charge is 0.497 e. The number of nitrogens with one attached hydrogen (secondary N) is 1. The van der Waals surface area contributed by atoms with Gasteiger partial charge in [0.15, 0.2) is 6.61 Å². The average molecular weight is 371 g/mol. The Labute approximate surface area is 157 Å². The SMILES string of the molecule is COC(=O)c1ccc(C)c(NC(=O)COC(=O)Cc2ccc(OC)cc2)c1. The van der Waals surface area contributed by atoms with Gasteiger partial charge in [-0.3, -0.25) is 9.59 Å². The molecule has 0 atom stereocenters. The van der Waals surface area contributed by atoms with Crippen LogP contribution in [0, 0.1) is 6.92 Å². The maximum absolute atomic E-state index is 12.0. The summed E-state index contributed by atoms with van der Waals surface area (Å²) in [6, 6.07) is 11.8. The lowest BCUT2D eigenvalue weighted by atomic mass is 10.1. The van der Waals surface area contributed by atoms with Gasteiger partial charge in [0.05, 0.1) is 26.2 Å². The summed E-state index contributed by atoms with van der Waals surface area (Å²) < 4.78 is 14.7. The molecule has 7 heteroatoms. The van der Waals surface area contributed by atoms with Gasteiger partial charge >= 0.3 is 11.9 Å². The van der Waals surface area contributed by atoms with Crippen molar-refractivity contribution in [2.45, 2.75) is 13.3 Å². The van der Waals surface area contributed by atoms with Crippen LogP contribution in [0.5, 0.6) is 5.75 Å². The van der Waals surface area contributed by atoms with E-state index in [-0.39, 0.29) is 6.42 Å². The topological polar surface area (TPSA) is 90.9 Å². The van der Waals surface area contributed by atoms with Crippen molar-refractivity contribution in [3.63, 3.8) is 0 Å². The highest BCUT2D eigenvalue weighted by Crippen LogP contribution is 2.17. The van der Waals surface area contributed by atoms with Crippen LogP contribution < -0.4 is 10.1 Å². The van der Waals surface area contributed by atoms with Gasteiger partial charge in [0, 0.05) is 5.69 Å². The first-order valence-electron chi connectivity index (χ1n) is 8.20. The summed E-state index contributed by atoms with van der Waals surface area (Å²) in [4.78, 5) is 35.5. The van der Waals surface area contributed by atoms with E-state index >= 15 is 0 Å². The molecular formula is C20H21NO6. The van der Waals surface area contributed by atoms with Gasteiger partial charge in [-0.05, 0) is 42.3 Å². The summed E-state index contributed by atoms with van der Waals surface area (Å²) in [7, 11) is 2.84. The second-order valence-corrected chi connectivity index (χ2v) is 5.75. The van der Waals surface area contributed by atoms with E-state index in [1.807, 2.05) is 0 Å². The van der Waals surface area contributed by atoms with Crippen LogP contribution in [0.4, 0.5) is 5.69 Å². The van der Waals surface area contributed by atoms with Gasteiger partial charge < -0.3 is 19.5 Å². The number of hydrogen-bond donors (Lipinski definition) is 1. The zero-order valence-electron chi connectivity index (χ0n) is 15.4. The van der Waals surface area contributed by atoms with Gasteiger partial charge in [-0.25, -0.2) is 4.79 Å². The maximum Gasteiger partial charge on any atom is 0.337 e. The minimum atomic E-state index is -0.518. The van der Waals surface area contributed by atoms with E-state index in [0.29, 0.717) is 17.0 Å². The van der Waals surface area contributed by atoms with Crippen molar-refractivity contribution in [1.82, 2.24) is 0 Å². The van der Waals surface area contributed by atoms with E-state index in [4.69, 9.17) is 9.47 Å². The molecule has 0 aliphatic heterocycles. The molecule has 0 fully saturated rings. The molecule has 0 radical (unpaired) electrons. The number of hydrogen-bond acceptors (Lipinski definition) is 6. The second-order valence-electron chi connectivity index (χ2n) is 5.75. The van der Waals surface area contributed by atoms with Crippen LogP contribution in [-0.2, 0) is 25.5 Å². The van der Waals surface area contributed by atoms with Crippen LogP contribution in [0.1, 0.15) is 21.5 Å². The highest BCUT2D eigenvalue weighted by Gasteiger charge is 2.12. The molecule has 1 N–H and O–H groups in total. The summed E-state index contributed by atoms with van der Waals surface area (Å²) in [6.45, 7) is 1.36. The second kappa shape index (κ2) is 9.38. The molecule has 0 unspecified atom stereocenters.